The van der Waals surface area contributed by atoms with Crippen LogP contribution in [-0.2, 0) is 16.1 Å². The fourth-order valence-corrected chi connectivity index (χ4v) is 3.40. The molecule has 31 heavy (non-hydrogen) atoms. The number of carbonyl (C=O) groups excluding carboxylic acids is 1. The van der Waals surface area contributed by atoms with Gasteiger partial charge in [0, 0.05) is 34.9 Å². The number of hydrogen-bond donors (Lipinski definition) is 1. The van der Waals surface area contributed by atoms with Gasteiger partial charge < -0.3 is 14.6 Å². The molecule has 0 unspecified atom stereocenters. The van der Waals surface area contributed by atoms with Crippen LogP contribution in [0.3, 0.4) is 0 Å². The number of aromatic nitrogens is 1. The lowest BCUT2D eigenvalue weighted by Crippen LogP contribution is -2.32. The minimum atomic E-state index is -1.05. The van der Waals surface area contributed by atoms with Gasteiger partial charge in [-0.25, -0.2) is 4.39 Å². The number of para-hydroxylation sites is 1. The van der Waals surface area contributed by atoms with Gasteiger partial charge in [-0.1, -0.05) is 31.5 Å². The van der Waals surface area contributed by atoms with Gasteiger partial charge in [-0.05, 0) is 42.8 Å². The number of nitrogens with zero attached hydrogens (tertiary/aromatic N) is 3. The number of anilines is 1. The van der Waals surface area contributed by atoms with Gasteiger partial charge in [-0.3, -0.25) is 9.59 Å². The number of halogens is 1. The third-order valence-corrected chi connectivity index (χ3v) is 4.88. The van der Waals surface area contributed by atoms with Crippen molar-refractivity contribution in [1.82, 2.24) is 4.57 Å². The number of carboxylic acids is 1. The molecule has 0 spiro atoms. The number of hydrogen-bond acceptors (Lipinski definition) is 3. The highest BCUT2D eigenvalue weighted by Crippen LogP contribution is 2.26. The van der Waals surface area contributed by atoms with Crippen LogP contribution in [0, 0.1) is 17.1 Å². The van der Waals surface area contributed by atoms with Crippen LogP contribution >= 0.6 is 0 Å². The number of rotatable bonds is 8. The predicted molar refractivity (Wildman–Crippen MR) is 117 cm³/mol. The lowest BCUT2D eigenvalue weighted by Gasteiger charge is -2.22. The Labute approximate surface area is 179 Å². The summed E-state index contributed by atoms with van der Waals surface area (Å²) in [6.07, 6.45) is 4.55. The number of nitriles is 1. The lowest BCUT2D eigenvalue weighted by atomic mass is 10.1. The van der Waals surface area contributed by atoms with Gasteiger partial charge in [0.15, 0.2) is 0 Å². The van der Waals surface area contributed by atoms with E-state index in [1.165, 1.54) is 35.0 Å². The SMILES string of the molecule is CCCCN(C(=O)/C(C#N)=C/c1cn(CC(=O)O)c2ccc(F)cc12)c1ccccc1. The van der Waals surface area contributed by atoms with E-state index in [2.05, 4.69) is 0 Å². The Hall–Kier alpha value is -3.92. The van der Waals surface area contributed by atoms with Gasteiger partial charge in [0.05, 0.1) is 0 Å². The summed E-state index contributed by atoms with van der Waals surface area (Å²) in [6, 6.07) is 15.0. The second kappa shape index (κ2) is 9.72. The van der Waals surface area contributed by atoms with Crippen LogP contribution in [0.2, 0.25) is 0 Å². The van der Waals surface area contributed by atoms with Crippen LogP contribution in [0.5, 0.6) is 0 Å². The normalized spacial score (nSPS) is 11.3. The summed E-state index contributed by atoms with van der Waals surface area (Å²) in [5, 5.41) is 19.3. The molecule has 3 aromatic rings. The van der Waals surface area contributed by atoms with Gasteiger partial charge in [0.1, 0.15) is 24.0 Å². The van der Waals surface area contributed by atoms with Crippen molar-refractivity contribution in [2.24, 2.45) is 0 Å². The Balaban J connectivity index is 2.06. The highest BCUT2D eigenvalue weighted by molar-refractivity contribution is 6.12. The van der Waals surface area contributed by atoms with Crippen LogP contribution in [-0.4, -0.2) is 28.1 Å². The molecule has 0 aliphatic carbocycles. The third kappa shape index (κ3) is 4.98. The molecule has 7 heteroatoms. The molecule has 158 valence electrons. The number of aliphatic carboxylic acids is 1. The topological polar surface area (TPSA) is 86.3 Å². The Morgan fingerprint density at radius 3 is 2.61 bits per heavy atom. The Morgan fingerprint density at radius 1 is 1.23 bits per heavy atom. The van der Waals surface area contributed by atoms with E-state index in [-0.39, 0.29) is 12.1 Å². The number of carboxylic acid groups (broad SMARTS) is 1. The summed E-state index contributed by atoms with van der Waals surface area (Å²) in [4.78, 5) is 26.0. The Bertz CT molecular complexity index is 1180. The average molecular weight is 419 g/mol. The van der Waals surface area contributed by atoms with E-state index in [4.69, 9.17) is 5.11 Å². The zero-order valence-corrected chi connectivity index (χ0v) is 17.1. The Morgan fingerprint density at radius 2 is 1.97 bits per heavy atom. The lowest BCUT2D eigenvalue weighted by molar-refractivity contribution is -0.137. The summed E-state index contributed by atoms with van der Waals surface area (Å²) >= 11 is 0. The van der Waals surface area contributed by atoms with E-state index in [9.17, 15) is 19.2 Å². The molecule has 1 aromatic heterocycles. The molecule has 6 nitrogen and oxygen atoms in total. The number of fused-ring (bicyclic) bond motifs is 1. The first-order valence-electron chi connectivity index (χ1n) is 9.93. The molecule has 0 aliphatic heterocycles. The first-order chi connectivity index (χ1) is 14.9. The summed E-state index contributed by atoms with van der Waals surface area (Å²) in [5.41, 5.74) is 1.48. The number of unbranched alkanes of at least 4 members (excludes halogenated alkanes) is 1. The molecule has 3 rings (SSSR count). The molecule has 1 amide bonds. The van der Waals surface area contributed by atoms with E-state index in [0.717, 1.165) is 12.8 Å². The minimum absolute atomic E-state index is 0.112. The van der Waals surface area contributed by atoms with Crippen LogP contribution in [0.25, 0.3) is 17.0 Å². The minimum Gasteiger partial charge on any atom is -0.480 e. The fourth-order valence-electron chi connectivity index (χ4n) is 3.40. The van der Waals surface area contributed by atoms with Crippen molar-refractivity contribution in [3.05, 3.63) is 71.7 Å². The molecular formula is C24H22FN3O3. The van der Waals surface area contributed by atoms with Gasteiger partial charge in [-0.15, -0.1) is 0 Å². The van der Waals surface area contributed by atoms with E-state index in [1.807, 2.05) is 31.2 Å². The maximum atomic E-state index is 13.9. The molecule has 1 heterocycles. The van der Waals surface area contributed by atoms with Crippen molar-refractivity contribution < 1.29 is 19.1 Å². The van der Waals surface area contributed by atoms with E-state index >= 15 is 0 Å². The average Bonchev–Trinajstić information content (AvgIpc) is 3.08. The largest absolute Gasteiger partial charge is 0.480 e. The third-order valence-electron chi connectivity index (χ3n) is 4.88. The van der Waals surface area contributed by atoms with Gasteiger partial charge >= 0.3 is 5.97 Å². The van der Waals surface area contributed by atoms with Gasteiger partial charge in [0.25, 0.3) is 5.91 Å². The van der Waals surface area contributed by atoms with E-state index < -0.39 is 17.7 Å². The number of benzene rings is 2. The summed E-state index contributed by atoms with van der Waals surface area (Å²) in [7, 11) is 0. The van der Waals surface area contributed by atoms with Crippen molar-refractivity contribution in [1.29, 1.82) is 5.26 Å². The number of carbonyl (C=O) groups is 2. The smallest absolute Gasteiger partial charge is 0.323 e. The monoisotopic (exact) mass is 419 g/mol. The van der Waals surface area contributed by atoms with Crippen LogP contribution in [0.4, 0.5) is 10.1 Å². The van der Waals surface area contributed by atoms with E-state index in [1.54, 1.807) is 17.0 Å². The zero-order chi connectivity index (χ0) is 22.4. The molecule has 2 aromatic carbocycles. The van der Waals surface area contributed by atoms with Crippen molar-refractivity contribution in [2.75, 3.05) is 11.4 Å². The molecule has 0 bridgehead atoms. The first-order valence-corrected chi connectivity index (χ1v) is 9.93. The second-order valence-electron chi connectivity index (χ2n) is 7.08. The van der Waals surface area contributed by atoms with Crippen molar-refractivity contribution in [3.63, 3.8) is 0 Å². The van der Waals surface area contributed by atoms with Crippen LogP contribution < -0.4 is 4.90 Å². The summed E-state index contributed by atoms with van der Waals surface area (Å²) in [6.45, 7) is 2.15. The van der Waals surface area contributed by atoms with Gasteiger partial charge in [-0.2, -0.15) is 5.26 Å². The number of amides is 1. The van der Waals surface area contributed by atoms with Crippen molar-refractivity contribution in [2.45, 2.75) is 26.3 Å². The molecule has 0 atom stereocenters. The first kappa shape index (κ1) is 21.8. The molecule has 0 saturated carbocycles. The maximum absolute atomic E-state index is 13.9. The Kier molecular flexibility index (Phi) is 6.83. The molecular weight excluding hydrogens is 397 g/mol. The highest BCUT2D eigenvalue weighted by atomic mass is 19.1. The van der Waals surface area contributed by atoms with Crippen LogP contribution in [0.15, 0.2) is 60.3 Å². The van der Waals surface area contributed by atoms with E-state index in [0.29, 0.717) is 28.7 Å². The maximum Gasteiger partial charge on any atom is 0.323 e. The van der Waals surface area contributed by atoms with Crippen molar-refractivity contribution in [3.8, 4) is 6.07 Å². The standard InChI is InChI=1S/C24H22FN3O3/c1-2-3-11-28(20-7-5-4-6-8-20)24(31)17(14-26)12-18-15-27(16-23(29)30)22-10-9-19(25)13-21(18)22/h4-10,12-13,15H,2-3,11,16H2,1H3,(H,29,30)/b17-12+. The molecule has 1 N–H and O–H groups in total. The molecule has 0 radical (unpaired) electrons. The zero-order valence-electron chi connectivity index (χ0n) is 17.1. The predicted octanol–water partition coefficient (Wildman–Crippen LogP) is 4.61. The summed E-state index contributed by atoms with van der Waals surface area (Å²) < 4.78 is 15.3. The van der Waals surface area contributed by atoms with Crippen LogP contribution in [0.1, 0.15) is 25.3 Å². The van der Waals surface area contributed by atoms with Gasteiger partial charge in [0.2, 0.25) is 0 Å². The molecule has 0 saturated heterocycles. The second-order valence-corrected chi connectivity index (χ2v) is 7.08. The van der Waals surface area contributed by atoms with Crippen molar-refractivity contribution >= 4 is 34.5 Å². The highest BCUT2D eigenvalue weighted by Gasteiger charge is 2.21. The fraction of sp³-hybridized carbons (Fsp3) is 0.208. The molecule has 0 fully saturated rings. The molecule has 0 aliphatic rings. The summed E-state index contributed by atoms with van der Waals surface area (Å²) in [5.74, 6) is -2.00. The quantitative estimate of drug-likeness (QED) is 0.427.